The van der Waals surface area contributed by atoms with Crippen LogP contribution in [0.3, 0.4) is 0 Å². The van der Waals surface area contributed by atoms with Gasteiger partial charge in [-0.2, -0.15) is 0 Å². The van der Waals surface area contributed by atoms with Crippen molar-refractivity contribution in [2.24, 2.45) is 5.92 Å². The van der Waals surface area contributed by atoms with E-state index in [0.717, 1.165) is 53.7 Å². The number of ether oxygens (including phenoxy) is 2. The van der Waals surface area contributed by atoms with Crippen LogP contribution in [0.15, 0.2) is 46.3 Å². The maximum absolute atomic E-state index is 13.0. The van der Waals surface area contributed by atoms with Gasteiger partial charge in [-0.3, -0.25) is 4.79 Å². The molecule has 2 amide bonds. The topological polar surface area (TPSA) is 96.9 Å². The van der Waals surface area contributed by atoms with Crippen molar-refractivity contribution in [3.05, 3.63) is 36.4 Å². The van der Waals surface area contributed by atoms with E-state index in [4.69, 9.17) is 9.47 Å². The fraction of sp³-hybridized carbons (Fsp3) is 0.520. The third kappa shape index (κ3) is 6.78. The van der Waals surface area contributed by atoms with Crippen LogP contribution in [0.2, 0.25) is 0 Å². The van der Waals surface area contributed by atoms with Crippen LogP contribution >= 0.6 is 11.8 Å². The van der Waals surface area contributed by atoms with Gasteiger partial charge in [0.15, 0.2) is 5.82 Å². The molecule has 1 atom stereocenters. The van der Waals surface area contributed by atoms with Crippen molar-refractivity contribution < 1.29 is 19.1 Å². The number of hydrogen-bond acceptors (Lipinski definition) is 8. The van der Waals surface area contributed by atoms with Gasteiger partial charge in [-0.25, -0.2) is 4.79 Å². The number of piperidine rings is 2. The van der Waals surface area contributed by atoms with E-state index >= 15 is 0 Å². The lowest BCUT2D eigenvalue weighted by Crippen LogP contribution is -2.50. The summed E-state index contributed by atoms with van der Waals surface area (Å²) in [6.07, 6.45) is 3.02. The summed E-state index contributed by atoms with van der Waals surface area (Å²) >= 11 is 1.53. The maximum atomic E-state index is 13.0. The zero-order chi connectivity index (χ0) is 24.6. The Labute approximate surface area is 210 Å². The molecule has 2 saturated heterocycles. The van der Waals surface area contributed by atoms with Gasteiger partial charge >= 0.3 is 6.09 Å². The standard InChI is InChI=1S/C25H33N5O4S/c1-3-34-25(32)29-14-11-19(12-15-29)26-24(31)18-6-5-13-30(17-18)22-9-10-23(28-27-22)35-21-8-4-7-20(16-21)33-2/h4,7-10,16,18-19H,3,5-6,11-15,17H2,1-2H3,(H,26,31)/t18-/m1/s1. The highest BCUT2D eigenvalue weighted by Gasteiger charge is 2.30. The molecule has 35 heavy (non-hydrogen) atoms. The Hall–Kier alpha value is -3.01. The van der Waals surface area contributed by atoms with Crippen LogP contribution in [0.1, 0.15) is 32.6 Å². The lowest BCUT2D eigenvalue weighted by Gasteiger charge is -2.35. The number of aromatic nitrogens is 2. The summed E-state index contributed by atoms with van der Waals surface area (Å²) in [6, 6.07) is 11.9. The quantitative estimate of drug-likeness (QED) is 0.617. The van der Waals surface area contributed by atoms with Gasteiger partial charge in [-0.05, 0) is 62.9 Å². The highest BCUT2D eigenvalue weighted by Crippen LogP contribution is 2.29. The molecular formula is C25H33N5O4S. The molecule has 1 aromatic carbocycles. The number of nitrogens with one attached hydrogen (secondary N) is 1. The molecule has 1 N–H and O–H groups in total. The van der Waals surface area contributed by atoms with Crippen LogP contribution in [0.4, 0.5) is 10.6 Å². The predicted octanol–water partition coefficient (Wildman–Crippen LogP) is 3.59. The van der Waals surface area contributed by atoms with Gasteiger partial charge in [0.25, 0.3) is 0 Å². The molecule has 2 aromatic rings. The Morgan fingerprint density at radius 2 is 1.94 bits per heavy atom. The van der Waals surface area contributed by atoms with Crippen LogP contribution in [-0.4, -0.2) is 73.0 Å². The SMILES string of the molecule is CCOC(=O)N1CCC(NC(=O)[C@@H]2CCCN(c3ccc(Sc4cccc(OC)c4)nn3)C2)CC1. The Morgan fingerprint density at radius 1 is 1.11 bits per heavy atom. The molecule has 0 bridgehead atoms. The van der Waals surface area contributed by atoms with Crippen molar-refractivity contribution in [3.8, 4) is 5.75 Å². The van der Waals surface area contributed by atoms with Crippen LogP contribution in [0, 0.1) is 5.92 Å². The third-order valence-electron chi connectivity index (χ3n) is 6.37. The average molecular weight is 500 g/mol. The molecule has 188 valence electrons. The third-order valence-corrected chi connectivity index (χ3v) is 7.29. The molecule has 2 aliphatic rings. The molecule has 10 heteroatoms. The molecule has 0 radical (unpaired) electrons. The van der Waals surface area contributed by atoms with E-state index in [1.54, 1.807) is 18.9 Å². The summed E-state index contributed by atoms with van der Waals surface area (Å²) in [5, 5.41) is 12.8. The van der Waals surface area contributed by atoms with Crippen molar-refractivity contribution >= 4 is 29.6 Å². The zero-order valence-electron chi connectivity index (χ0n) is 20.3. The largest absolute Gasteiger partial charge is 0.497 e. The number of nitrogens with zero attached hydrogens (tertiary/aromatic N) is 4. The van der Waals surface area contributed by atoms with E-state index in [1.807, 2.05) is 36.4 Å². The first-order chi connectivity index (χ1) is 17.1. The molecule has 0 unspecified atom stereocenters. The van der Waals surface area contributed by atoms with E-state index in [1.165, 1.54) is 11.8 Å². The number of rotatable bonds is 7. The second-order valence-electron chi connectivity index (χ2n) is 8.76. The number of methoxy groups -OCH3 is 1. The lowest BCUT2D eigenvalue weighted by atomic mass is 9.96. The molecule has 0 spiro atoms. The second-order valence-corrected chi connectivity index (χ2v) is 9.86. The monoisotopic (exact) mass is 499 g/mol. The minimum atomic E-state index is -0.269. The van der Waals surface area contributed by atoms with Crippen LogP contribution in [0.25, 0.3) is 0 Å². The fourth-order valence-corrected chi connectivity index (χ4v) is 5.24. The molecular weight excluding hydrogens is 466 g/mol. The Morgan fingerprint density at radius 3 is 2.66 bits per heavy atom. The number of carbonyl (C=O) groups is 2. The van der Waals surface area contributed by atoms with Gasteiger partial charge in [0, 0.05) is 37.1 Å². The zero-order valence-corrected chi connectivity index (χ0v) is 21.1. The van der Waals surface area contributed by atoms with Crippen molar-refractivity contribution in [2.45, 2.75) is 48.6 Å². The van der Waals surface area contributed by atoms with Crippen LogP contribution in [-0.2, 0) is 9.53 Å². The normalized spacial score (nSPS) is 18.7. The minimum absolute atomic E-state index is 0.0838. The molecule has 4 rings (SSSR count). The summed E-state index contributed by atoms with van der Waals surface area (Å²) in [7, 11) is 1.65. The average Bonchev–Trinajstić information content (AvgIpc) is 2.90. The van der Waals surface area contributed by atoms with E-state index in [2.05, 4.69) is 20.4 Å². The first-order valence-corrected chi connectivity index (χ1v) is 13.0. The number of amides is 2. The maximum Gasteiger partial charge on any atom is 0.409 e. The molecule has 2 aliphatic heterocycles. The highest BCUT2D eigenvalue weighted by atomic mass is 32.2. The Kier molecular flexibility index (Phi) is 8.68. The van der Waals surface area contributed by atoms with Crippen molar-refractivity contribution in [2.75, 3.05) is 44.8 Å². The Bertz CT molecular complexity index is 998. The van der Waals surface area contributed by atoms with Gasteiger partial charge in [0.05, 0.1) is 19.6 Å². The summed E-state index contributed by atoms with van der Waals surface area (Å²) in [5.41, 5.74) is 0. The molecule has 1 aromatic heterocycles. The summed E-state index contributed by atoms with van der Waals surface area (Å²) in [5.74, 6) is 1.60. The van der Waals surface area contributed by atoms with E-state index in [0.29, 0.717) is 26.2 Å². The molecule has 0 aliphatic carbocycles. The van der Waals surface area contributed by atoms with Crippen LogP contribution < -0.4 is 15.0 Å². The second kappa shape index (κ2) is 12.1. The fourth-order valence-electron chi connectivity index (χ4n) is 4.46. The van der Waals surface area contributed by atoms with E-state index in [9.17, 15) is 9.59 Å². The lowest BCUT2D eigenvalue weighted by molar-refractivity contribution is -0.126. The van der Waals surface area contributed by atoms with Crippen molar-refractivity contribution in [3.63, 3.8) is 0 Å². The smallest absolute Gasteiger partial charge is 0.409 e. The van der Waals surface area contributed by atoms with Gasteiger partial charge in [0.2, 0.25) is 5.91 Å². The minimum Gasteiger partial charge on any atom is -0.497 e. The summed E-state index contributed by atoms with van der Waals surface area (Å²) < 4.78 is 10.4. The first-order valence-electron chi connectivity index (χ1n) is 12.2. The number of likely N-dealkylation sites (tertiary alicyclic amines) is 1. The molecule has 9 nitrogen and oxygen atoms in total. The number of hydrogen-bond donors (Lipinski definition) is 1. The summed E-state index contributed by atoms with van der Waals surface area (Å²) in [4.78, 5) is 29.7. The Balaban J connectivity index is 1.27. The van der Waals surface area contributed by atoms with Gasteiger partial charge in [0.1, 0.15) is 10.8 Å². The van der Waals surface area contributed by atoms with E-state index < -0.39 is 0 Å². The van der Waals surface area contributed by atoms with Crippen molar-refractivity contribution in [1.82, 2.24) is 20.4 Å². The number of anilines is 1. The van der Waals surface area contributed by atoms with Crippen molar-refractivity contribution in [1.29, 1.82) is 0 Å². The predicted molar refractivity (Wildman–Crippen MR) is 134 cm³/mol. The molecule has 3 heterocycles. The van der Waals surface area contributed by atoms with Crippen LogP contribution in [0.5, 0.6) is 5.75 Å². The summed E-state index contributed by atoms with van der Waals surface area (Å²) in [6.45, 7) is 4.89. The molecule has 2 fully saturated rings. The van der Waals surface area contributed by atoms with Gasteiger partial charge in [-0.15, -0.1) is 10.2 Å². The first kappa shape index (κ1) is 25.1. The van der Waals surface area contributed by atoms with Gasteiger partial charge < -0.3 is 24.6 Å². The number of carbonyl (C=O) groups excluding carboxylic acids is 2. The highest BCUT2D eigenvalue weighted by molar-refractivity contribution is 7.99. The van der Waals surface area contributed by atoms with Gasteiger partial charge in [-0.1, -0.05) is 17.8 Å². The number of benzene rings is 1. The van der Waals surface area contributed by atoms with E-state index in [-0.39, 0.29) is 24.0 Å². The molecule has 0 saturated carbocycles.